The molecule has 2 N–H and O–H groups in total. The molecule has 0 fully saturated rings. The second-order valence-electron chi connectivity index (χ2n) is 5.85. The first-order valence-corrected chi connectivity index (χ1v) is 8.85. The minimum atomic E-state index is -1.10. The molecule has 128 valence electrons. The van der Waals surface area contributed by atoms with E-state index < -0.39 is 5.97 Å². The smallest absolute Gasteiger partial charge is 0.328 e. The molecule has 0 spiro atoms. The molecule has 0 aliphatic rings. The standard InChI is InChI=1S/C18H33NO3/c1-2-3-4-5-6-7-8-9-10-11-12-13-16-19-17(20)14-15-18(21)22/h14-15H,2-13,16H2,1H3,(H,19,20)(H,21,22)/b15-14+. The minimum absolute atomic E-state index is 0.328. The number of hydrogen-bond donors (Lipinski definition) is 2. The largest absolute Gasteiger partial charge is 0.478 e. The summed E-state index contributed by atoms with van der Waals surface area (Å²) in [5.41, 5.74) is 0. The zero-order chi connectivity index (χ0) is 16.5. The lowest BCUT2D eigenvalue weighted by Crippen LogP contribution is -2.22. The Morgan fingerprint density at radius 3 is 1.68 bits per heavy atom. The molecule has 0 saturated carbocycles. The third-order valence-electron chi connectivity index (χ3n) is 3.71. The second-order valence-corrected chi connectivity index (χ2v) is 5.85. The van der Waals surface area contributed by atoms with Crippen LogP contribution >= 0.6 is 0 Å². The Kier molecular flexibility index (Phi) is 15.1. The van der Waals surface area contributed by atoms with Gasteiger partial charge in [0.15, 0.2) is 0 Å². The van der Waals surface area contributed by atoms with Gasteiger partial charge in [-0.1, -0.05) is 77.6 Å². The fourth-order valence-electron chi connectivity index (χ4n) is 2.38. The summed E-state index contributed by atoms with van der Waals surface area (Å²) in [5, 5.41) is 11.1. The monoisotopic (exact) mass is 311 g/mol. The van der Waals surface area contributed by atoms with Crippen LogP contribution in [0.1, 0.15) is 84.0 Å². The first-order valence-electron chi connectivity index (χ1n) is 8.85. The zero-order valence-electron chi connectivity index (χ0n) is 14.1. The molecule has 0 bridgehead atoms. The van der Waals surface area contributed by atoms with Crippen LogP contribution in [0.15, 0.2) is 12.2 Å². The van der Waals surface area contributed by atoms with Crippen molar-refractivity contribution in [1.29, 1.82) is 0 Å². The van der Waals surface area contributed by atoms with E-state index in [9.17, 15) is 9.59 Å². The molecular weight excluding hydrogens is 278 g/mol. The quantitative estimate of drug-likeness (QED) is 0.347. The van der Waals surface area contributed by atoms with Crippen molar-refractivity contribution in [2.24, 2.45) is 0 Å². The Bertz CT molecular complexity index is 313. The maximum absolute atomic E-state index is 11.2. The summed E-state index contributed by atoms with van der Waals surface area (Å²) in [5.74, 6) is -1.43. The van der Waals surface area contributed by atoms with Crippen molar-refractivity contribution in [1.82, 2.24) is 5.32 Å². The number of nitrogens with one attached hydrogen (secondary N) is 1. The first kappa shape index (κ1) is 20.7. The molecule has 22 heavy (non-hydrogen) atoms. The van der Waals surface area contributed by atoms with Gasteiger partial charge in [-0.15, -0.1) is 0 Å². The number of carboxylic acids is 1. The highest BCUT2D eigenvalue weighted by atomic mass is 16.4. The summed E-state index contributed by atoms with van der Waals surface area (Å²) < 4.78 is 0. The van der Waals surface area contributed by atoms with E-state index >= 15 is 0 Å². The molecule has 0 heterocycles. The average Bonchev–Trinajstić information content (AvgIpc) is 2.49. The van der Waals surface area contributed by atoms with Gasteiger partial charge in [0.1, 0.15) is 0 Å². The maximum atomic E-state index is 11.2. The highest BCUT2D eigenvalue weighted by Gasteiger charge is 1.97. The van der Waals surface area contributed by atoms with Gasteiger partial charge in [0, 0.05) is 18.7 Å². The molecule has 0 aromatic rings. The maximum Gasteiger partial charge on any atom is 0.328 e. The highest BCUT2D eigenvalue weighted by Crippen LogP contribution is 2.11. The van der Waals surface area contributed by atoms with Crippen LogP contribution in [-0.4, -0.2) is 23.5 Å². The van der Waals surface area contributed by atoms with Crippen molar-refractivity contribution in [2.75, 3.05) is 6.54 Å². The Hall–Kier alpha value is -1.32. The summed E-state index contributed by atoms with van der Waals surface area (Å²) in [6, 6.07) is 0. The number of carboxylic acid groups (broad SMARTS) is 1. The van der Waals surface area contributed by atoms with E-state index in [4.69, 9.17) is 5.11 Å². The molecule has 1 amide bonds. The summed E-state index contributed by atoms with van der Waals surface area (Å²) >= 11 is 0. The van der Waals surface area contributed by atoms with E-state index in [2.05, 4.69) is 12.2 Å². The molecule has 0 aromatic heterocycles. The normalized spacial score (nSPS) is 11.0. The van der Waals surface area contributed by atoms with E-state index in [-0.39, 0.29) is 5.91 Å². The molecule has 0 rings (SSSR count). The molecular formula is C18H33NO3. The molecule has 0 atom stereocenters. The fourth-order valence-corrected chi connectivity index (χ4v) is 2.38. The van der Waals surface area contributed by atoms with Crippen LogP contribution in [0.2, 0.25) is 0 Å². The van der Waals surface area contributed by atoms with Gasteiger partial charge >= 0.3 is 5.97 Å². The lowest BCUT2D eigenvalue weighted by Gasteiger charge is -2.03. The van der Waals surface area contributed by atoms with E-state index in [0.29, 0.717) is 6.54 Å². The first-order chi connectivity index (χ1) is 10.7. The topological polar surface area (TPSA) is 66.4 Å². The van der Waals surface area contributed by atoms with Gasteiger partial charge in [-0.05, 0) is 6.42 Å². The van der Waals surface area contributed by atoms with Crippen molar-refractivity contribution < 1.29 is 14.7 Å². The number of aliphatic carboxylic acids is 1. The van der Waals surface area contributed by atoms with E-state index in [1.807, 2.05) is 0 Å². The Balaban J connectivity index is 3.17. The fraction of sp³-hybridized carbons (Fsp3) is 0.778. The van der Waals surface area contributed by atoms with E-state index in [1.165, 1.54) is 64.2 Å². The molecule has 0 aliphatic carbocycles. The number of amides is 1. The van der Waals surface area contributed by atoms with Crippen LogP contribution in [0.5, 0.6) is 0 Å². The van der Waals surface area contributed by atoms with Crippen LogP contribution < -0.4 is 5.32 Å². The van der Waals surface area contributed by atoms with Crippen LogP contribution in [0.25, 0.3) is 0 Å². The van der Waals surface area contributed by atoms with Crippen molar-refractivity contribution in [3.8, 4) is 0 Å². The SMILES string of the molecule is CCCCCCCCCCCCCCNC(=O)/C=C/C(=O)O. The minimum Gasteiger partial charge on any atom is -0.478 e. The van der Waals surface area contributed by atoms with E-state index in [1.54, 1.807) is 0 Å². The molecule has 0 unspecified atom stereocenters. The summed E-state index contributed by atoms with van der Waals surface area (Å²) in [4.78, 5) is 21.4. The van der Waals surface area contributed by atoms with Gasteiger partial charge in [0.2, 0.25) is 5.91 Å². The molecule has 0 saturated heterocycles. The van der Waals surface area contributed by atoms with Crippen molar-refractivity contribution >= 4 is 11.9 Å². The Labute approximate surface area is 135 Å². The number of carbonyl (C=O) groups is 2. The number of unbranched alkanes of at least 4 members (excludes halogenated alkanes) is 11. The van der Waals surface area contributed by atoms with Crippen LogP contribution in [0.3, 0.4) is 0 Å². The van der Waals surface area contributed by atoms with Gasteiger partial charge in [-0.2, -0.15) is 0 Å². The molecule has 0 aromatic carbocycles. The van der Waals surface area contributed by atoms with Gasteiger partial charge in [0.05, 0.1) is 0 Å². The Morgan fingerprint density at radius 2 is 1.23 bits per heavy atom. The Morgan fingerprint density at radius 1 is 0.773 bits per heavy atom. The third-order valence-corrected chi connectivity index (χ3v) is 3.71. The van der Waals surface area contributed by atoms with Crippen molar-refractivity contribution in [3.05, 3.63) is 12.2 Å². The van der Waals surface area contributed by atoms with Crippen LogP contribution in [0, 0.1) is 0 Å². The average molecular weight is 311 g/mol. The number of hydrogen-bond acceptors (Lipinski definition) is 2. The predicted molar refractivity (Wildman–Crippen MR) is 90.9 cm³/mol. The zero-order valence-corrected chi connectivity index (χ0v) is 14.1. The number of carbonyl (C=O) groups excluding carboxylic acids is 1. The van der Waals surface area contributed by atoms with Crippen molar-refractivity contribution in [2.45, 2.75) is 84.0 Å². The number of rotatable bonds is 15. The molecule has 0 aliphatic heterocycles. The summed E-state index contributed by atoms with van der Waals surface area (Å²) in [6.45, 7) is 2.87. The van der Waals surface area contributed by atoms with Gasteiger partial charge in [-0.3, -0.25) is 4.79 Å². The second kappa shape index (κ2) is 16.1. The lowest BCUT2D eigenvalue weighted by atomic mass is 10.1. The summed E-state index contributed by atoms with van der Waals surface area (Å²) in [6.07, 6.45) is 17.4. The van der Waals surface area contributed by atoms with Crippen LogP contribution in [0.4, 0.5) is 0 Å². The molecule has 4 nitrogen and oxygen atoms in total. The van der Waals surface area contributed by atoms with Gasteiger partial charge in [0.25, 0.3) is 0 Å². The van der Waals surface area contributed by atoms with Gasteiger partial charge < -0.3 is 10.4 Å². The molecule has 4 heteroatoms. The summed E-state index contributed by atoms with van der Waals surface area (Å²) in [7, 11) is 0. The van der Waals surface area contributed by atoms with Crippen LogP contribution in [-0.2, 0) is 9.59 Å². The third kappa shape index (κ3) is 16.7. The predicted octanol–water partition coefficient (Wildman–Crippen LogP) is 4.44. The highest BCUT2D eigenvalue weighted by molar-refractivity contribution is 5.93. The lowest BCUT2D eigenvalue weighted by molar-refractivity contribution is -0.131. The van der Waals surface area contributed by atoms with E-state index in [0.717, 1.165) is 25.0 Å². The van der Waals surface area contributed by atoms with Gasteiger partial charge in [-0.25, -0.2) is 4.79 Å². The van der Waals surface area contributed by atoms with Crippen molar-refractivity contribution in [3.63, 3.8) is 0 Å². The molecule has 0 radical (unpaired) electrons.